The topological polar surface area (TPSA) is 103 Å². The lowest BCUT2D eigenvalue weighted by Gasteiger charge is -2.38. The van der Waals surface area contributed by atoms with Gasteiger partial charge in [-0.1, -0.05) is 0 Å². The fourth-order valence-corrected chi connectivity index (χ4v) is 5.42. The van der Waals surface area contributed by atoms with Crippen LogP contribution in [0.2, 0.25) is 0 Å². The number of H-pyrrole nitrogens is 2. The fraction of sp³-hybridized carbons (Fsp3) is 0.345. The van der Waals surface area contributed by atoms with Crippen molar-refractivity contribution < 1.29 is 9.84 Å². The molecule has 1 saturated heterocycles. The Hall–Kier alpha value is -3.91. The van der Waals surface area contributed by atoms with Gasteiger partial charge in [-0.05, 0) is 82.0 Å². The molecule has 0 spiro atoms. The van der Waals surface area contributed by atoms with Crippen LogP contribution in [0.25, 0.3) is 33.2 Å². The van der Waals surface area contributed by atoms with Crippen molar-refractivity contribution in [3.05, 3.63) is 66.6 Å². The second kappa shape index (κ2) is 9.19. The van der Waals surface area contributed by atoms with E-state index in [1.165, 1.54) is 0 Å². The number of hydrogen-bond donors (Lipinski definition) is 3. The molecule has 0 saturated carbocycles. The van der Waals surface area contributed by atoms with Gasteiger partial charge in [-0.25, -0.2) is 9.97 Å². The van der Waals surface area contributed by atoms with Crippen LogP contribution in [0.1, 0.15) is 45.3 Å². The second-order valence-corrected chi connectivity index (χ2v) is 10.5. The summed E-state index contributed by atoms with van der Waals surface area (Å²) < 4.78 is 6.35. The molecule has 6 rings (SSSR count). The van der Waals surface area contributed by atoms with Crippen molar-refractivity contribution in [1.82, 2.24) is 25.1 Å². The van der Waals surface area contributed by atoms with Gasteiger partial charge in [-0.3, -0.25) is 5.10 Å². The highest BCUT2D eigenvalue weighted by molar-refractivity contribution is 5.93. The zero-order chi connectivity index (χ0) is 25.6. The van der Waals surface area contributed by atoms with Crippen LogP contribution in [-0.2, 0) is 0 Å². The van der Waals surface area contributed by atoms with Crippen molar-refractivity contribution in [3.8, 4) is 17.0 Å². The van der Waals surface area contributed by atoms with Crippen molar-refractivity contribution >= 4 is 27.8 Å². The van der Waals surface area contributed by atoms with Crippen LogP contribution in [0.3, 0.4) is 0 Å². The van der Waals surface area contributed by atoms with Crippen LogP contribution in [-0.4, -0.2) is 48.9 Å². The minimum absolute atomic E-state index is 0.143. The predicted molar refractivity (Wildman–Crippen MR) is 146 cm³/mol. The van der Waals surface area contributed by atoms with E-state index in [1.807, 2.05) is 56.6 Å². The summed E-state index contributed by atoms with van der Waals surface area (Å²) in [5.41, 5.74) is 4.07. The number of hydrogen-bond acceptors (Lipinski definition) is 6. The maximum absolute atomic E-state index is 10.3. The van der Waals surface area contributed by atoms with Crippen LogP contribution in [0.4, 0.5) is 5.82 Å². The monoisotopic (exact) mass is 496 g/mol. The van der Waals surface area contributed by atoms with Crippen LogP contribution >= 0.6 is 0 Å². The predicted octanol–water partition coefficient (Wildman–Crippen LogP) is 5.63. The van der Waals surface area contributed by atoms with Gasteiger partial charge in [0.2, 0.25) is 0 Å². The molecule has 5 heterocycles. The number of nitrogens with one attached hydrogen (secondary N) is 2. The molecule has 5 aromatic rings. The number of benzene rings is 1. The van der Waals surface area contributed by atoms with E-state index in [0.29, 0.717) is 5.92 Å². The molecular weight excluding hydrogens is 464 g/mol. The molecular formula is C29H32N6O2. The highest BCUT2D eigenvalue weighted by Crippen LogP contribution is 2.34. The zero-order valence-electron chi connectivity index (χ0n) is 21.4. The number of aromatic nitrogens is 5. The normalized spacial score (nSPS) is 15.9. The van der Waals surface area contributed by atoms with E-state index >= 15 is 0 Å². The minimum Gasteiger partial charge on any atom is -0.486 e. The lowest BCUT2D eigenvalue weighted by molar-refractivity contribution is 0.00646. The van der Waals surface area contributed by atoms with Crippen molar-refractivity contribution in [2.45, 2.75) is 45.3 Å². The molecule has 1 aliphatic heterocycles. The molecule has 3 N–H and O–H groups in total. The van der Waals surface area contributed by atoms with Gasteiger partial charge >= 0.3 is 0 Å². The van der Waals surface area contributed by atoms with Gasteiger partial charge in [0.05, 0.1) is 11.1 Å². The van der Waals surface area contributed by atoms with E-state index in [4.69, 9.17) is 9.72 Å². The first-order chi connectivity index (χ1) is 17.9. The first kappa shape index (κ1) is 23.5. The van der Waals surface area contributed by atoms with Crippen LogP contribution < -0.4 is 9.64 Å². The zero-order valence-corrected chi connectivity index (χ0v) is 21.4. The number of ether oxygens (including phenoxy) is 1. The standard InChI is InChI=1S/C29H32N6O2/c1-18(22-8-12-30-28-23(22)9-13-31-28)37-21-5-6-25-24(16-21)27(34-33-25)19-4-7-26(32-17-19)35-14-10-20(11-15-35)29(2,3)36/h4-9,12-13,16-18,20,36H,10-11,14-15H2,1-3H3,(H,30,31)(H,33,34)/t18-/m1/s1. The second-order valence-electron chi connectivity index (χ2n) is 10.5. The largest absolute Gasteiger partial charge is 0.486 e. The smallest absolute Gasteiger partial charge is 0.137 e. The number of anilines is 1. The summed E-state index contributed by atoms with van der Waals surface area (Å²) in [4.78, 5) is 14.6. The average molecular weight is 497 g/mol. The van der Waals surface area contributed by atoms with Crippen molar-refractivity contribution in [3.63, 3.8) is 0 Å². The van der Waals surface area contributed by atoms with Crippen LogP contribution in [0.5, 0.6) is 5.75 Å². The SMILES string of the molecule is C[C@@H](Oc1ccc2[nH]nc(-c3ccc(N4CCC(C(C)(C)O)CC4)nc3)c2c1)c1ccnc2[nH]ccc12. The summed E-state index contributed by atoms with van der Waals surface area (Å²) in [5, 5.41) is 20.1. The van der Waals surface area contributed by atoms with Gasteiger partial charge in [0.1, 0.15) is 29.0 Å². The average Bonchev–Trinajstić information content (AvgIpc) is 3.55. The van der Waals surface area contributed by atoms with Gasteiger partial charge in [0, 0.05) is 53.6 Å². The molecule has 1 aromatic carbocycles. The summed E-state index contributed by atoms with van der Waals surface area (Å²) >= 11 is 0. The molecule has 0 bridgehead atoms. The molecule has 4 aromatic heterocycles. The maximum Gasteiger partial charge on any atom is 0.137 e. The first-order valence-corrected chi connectivity index (χ1v) is 12.9. The summed E-state index contributed by atoms with van der Waals surface area (Å²) in [6.45, 7) is 7.67. The Kier molecular flexibility index (Phi) is 5.83. The fourth-order valence-electron chi connectivity index (χ4n) is 5.42. The Labute approximate surface area is 215 Å². The van der Waals surface area contributed by atoms with Crippen molar-refractivity contribution in [1.29, 1.82) is 0 Å². The number of nitrogens with zero attached hydrogens (tertiary/aromatic N) is 4. The molecule has 190 valence electrons. The summed E-state index contributed by atoms with van der Waals surface area (Å²) in [7, 11) is 0. The number of fused-ring (bicyclic) bond motifs is 2. The molecule has 0 radical (unpaired) electrons. The number of piperidine rings is 1. The van der Waals surface area contributed by atoms with E-state index in [9.17, 15) is 5.11 Å². The van der Waals surface area contributed by atoms with Gasteiger partial charge in [0.15, 0.2) is 0 Å². The molecule has 0 aliphatic carbocycles. The molecule has 0 amide bonds. The molecule has 37 heavy (non-hydrogen) atoms. The Morgan fingerprint density at radius 2 is 1.89 bits per heavy atom. The number of pyridine rings is 2. The van der Waals surface area contributed by atoms with E-state index < -0.39 is 5.60 Å². The van der Waals surface area contributed by atoms with Gasteiger partial charge in [0.25, 0.3) is 0 Å². The van der Waals surface area contributed by atoms with E-state index in [1.54, 1.807) is 6.20 Å². The number of aromatic amines is 2. The molecule has 1 fully saturated rings. The Balaban J connectivity index is 1.21. The van der Waals surface area contributed by atoms with Crippen molar-refractivity contribution in [2.24, 2.45) is 5.92 Å². The van der Waals surface area contributed by atoms with Crippen LogP contribution in [0.15, 0.2) is 61.1 Å². The van der Waals surface area contributed by atoms with Crippen molar-refractivity contribution in [2.75, 3.05) is 18.0 Å². The summed E-state index contributed by atoms with van der Waals surface area (Å²) in [6.07, 6.45) is 7.38. The lowest BCUT2D eigenvalue weighted by Crippen LogP contribution is -2.42. The third-order valence-electron chi connectivity index (χ3n) is 7.62. The molecule has 1 aliphatic rings. The quantitative estimate of drug-likeness (QED) is 0.282. The number of rotatable bonds is 6. The molecule has 1 atom stereocenters. The Morgan fingerprint density at radius 1 is 1.05 bits per heavy atom. The van der Waals surface area contributed by atoms with Gasteiger partial charge in [-0.2, -0.15) is 5.10 Å². The molecule has 8 heteroatoms. The Bertz CT molecular complexity index is 1520. The highest BCUT2D eigenvalue weighted by Gasteiger charge is 2.30. The van der Waals surface area contributed by atoms with Gasteiger partial charge in [-0.15, -0.1) is 0 Å². The van der Waals surface area contributed by atoms with Crippen LogP contribution in [0, 0.1) is 5.92 Å². The van der Waals surface area contributed by atoms with E-state index in [2.05, 4.69) is 44.1 Å². The van der Waals surface area contributed by atoms with E-state index in [-0.39, 0.29) is 6.10 Å². The highest BCUT2D eigenvalue weighted by atomic mass is 16.5. The first-order valence-electron chi connectivity index (χ1n) is 12.9. The molecule has 8 nitrogen and oxygen atoms in total. The summed E-state index contributed by atoms with van der Waals surface area (Å²) in [5.74, 6) is 2.07. The maximum atomic E-state index is 10.3. The summed E-state index contributed by atoms with van der Waals surface area (Å²) in [6, 6.07) is 14.2. The third-order valence-corrected chi connectivity index (χ3v) is 7.62. The van der Waals surface area contributed by atoms with Gasteiger partial charge < -0.3 is 19.7 Å². The molecule has 0 unspecified atom stereocenters. The Morgan fingerprint density at radius 3 is 2.65 bits per heavy atom. The minimum atomic E-state index is -0.628. The number of aliphatic hydroxyl groups is 1. The van der Waals surface area contributed by atoms with E-state index in [0.717, 1.165) is 76.3 Å². The lowest BCUT2D eigenvalue weighted by atomic mass is 9.83. The third kappa shape index (κ3) is 4.53.